The Morgan fingerprint density at radius 1 is 1.30 bits per heavy atom. The van der Waals surface area contributed by atoms with E-state index >= 15 is 0 Å². The van der Waals surface area contributed by atoms with Crippen LogP contribution in [0.2, 0.25) is 0 Å². The largest absolute Gasteiger partial charge is 0.448 e. The first kappa shape index (κ1) is 16.0. The fourth-order valence-corrected chi connectivity index (χ4v) is 1.50. The number of amides is 3. The van der Waals surface area contributed by atoms with Gasteiger partial charge in [0, 0.05) is 0 Å². The molecule has 1 heterocycles. The quantitative estimate of drug-likeness (QED) is 0.798. The maximum absolute atomic E-state index is 11.9. The van der Waals surface area contributed by atoms with Crippen LogP contribution in [0.1, 0.15) is 24.3 Å². The van der Waals surface area contributed by atoms with Crippen LogP contribution in [0.25, 0.3) is 0 Å². The molecule has 0 aromatic carbocycles. The van der Waals surface area contributed by atoms with Crippen molar-refractivity contribution in [3.05, 3.63) is 16.4 Å². The van der Waals surface area contributed by atoms with E-state index < -0.39 is 18.1 Å². The molecule has 0 atom stereocenters. The van der Waals surface area contributed by atoms with Gasteiger partial charge in [-0.3, -0.25) is 9.89 Å². The van der Waals surface area contributed by atoms with Gasteiger partial charge in [0.05, 0.1) is 23.9 Å². The topological polar surface area (TPSA) is 114 Å². The van der Waals surface area contributed by atoms with Crippen LogP contribution in [0.5, 0.6) is 0 Å². The van der Waals surface area contributed by atoms with Crippen molar-refractivity contribution in [2.45, 2.75) is 13.8 Å². The van der Waals surface area contributed by atoms with E-state index in [2.05, 4.69) is 41.0 Å². The van der Waals surface area contributed by atoms with E-state index in [-0.39, 0.29) is 18.9 Å². The highest BCUT2D eigenvalue weighted by Gasteiger charge is 2.28. The summed E-state index contributed by atoms with van der Waals surface area (Å²) in [6.07, 6.45) is -0.738. The van der Waals surface area contributed by atoms with E-state index in [0.717, 1.165) is 0 Å². The Hall–Kier alpha value is -2.10. The zero-order chi connectivity index (χ0) is 15.1. The third-order valence-corrected chi connectivity index (χ3v) is 2.54. The second-order valence-corrected chi connectivity index (χ2v) is 4.12. The highest BCUT2D eigenvalue weighted by molar-refractivity contribution is 9.10. The summed E-state index contributed by atoms with van der Waals surface area (Å²) in [4.78, 5) is 35.1. The summed E-state index contributed by atoms with van der Waals surface area (Å²) < 4.78 is 9.69. The molecule has 0 aliphatic heterocycles. The predicted molar refractivity (Wildman–Crippen MR) is 69.6 cm³/mol. The van der Waals surface area contributed by atoms with Gasteiger partial charge < -0.3 is 9.47 Å². The first-order valence-electron chi connectivity index (χ1n) is 5.64. The van der Waals surface area contributed by atoms with Crippen molar-refractivity contribution < 1.29 is 23.9 Å². The van der Waals surface area contributed by atoms with Crippen LogP contribution in [-0.4, -0.2) is 46.5 Å². The van der Waals surface area contributed by atoms with Crippen molar-refractivity contribution in [2.75, 3.05) is 13.2 Å². The summed E-state index contributed by atoms with van der Waals surface area (Å²) in [6.45, 7) is 3.21. The Bertz CT molecular complexity index is 486. The second-order valence-electron chi connectivity index (χ2n) is 3.27. The summed E-state index contributed by atoms with van der Waals surface area (Å²) in [5.41, 5.74) is 2.12. The molecule has 9 nitrogen and oxygen atoms in total. The summed E-state index contributed by atoms with van der Waals surface area (Å²) in [5, 5.41) is 6.39. The molecule has 10 heteroatoms. The van der Waals surface area contributed by atoms with Gasteiger partial charge in [0.15, 0.2) is 0 Å². The molecular weight excluding hydrogens is 336 g/mol. The normalized spacial score (nSPS) is 9.75. The highest BCUT2D eigenvalue weighted by Crippen LogP contribution is 2.12. The van der Waals surface area contributed by atoms with Gasteiger partial charge in [-0.05, 0) is 29.8 Å². The molecule has 0 aliphatic carbocycles. The number of aromatic nitrogens is 2. The Labute approximate surface area is 122 Å². The Morgan fingerprint density at radius 2 is 1.85 bits per heavy atom. The van der Waals surface area contributed by atoms with Gasteiger partial charge in [-0.2, -0.15) is 5.10 Å². The lowest BCUT2D eigenvalue weighted by atomic mass is 10.4. The van der Waals surface area contributed by atoms with Crippen molar-refractivity contribution in [3.8, 4) is 0 Å². The predicted octanol–water partition coefficient (Wildman–Crippen LogP) is 1.43. The fourth-order valence-electron chi connectivity index (χ4n) is 1.13. The van der Waals surface area contributed by atoms with Crippen LogP contribution in [-0.2, 0) is 9.47 Å². The monoisotopic (exact) mass is 348 g/mol. The number of hydrogen-bond acceptors (Lipinski definition) is 6. The van der Waals surface area contributed by atoms with Gasteiger partial charge in [-0.25, -0.2) is 15.0 Å². The van der Waals surface area contributed by atoms with Crippen molar-refractivity contribution in [3.63, 3.8) is 0 Å². The second kappa shape index (κ2) is 7.48. The number of ether oxygens (including phenoxy) is 2. The number of carbonyl (C=O) groups is 3. The summed E-state index contributed by atoms with van der Waals surface area (Å²) in [5.74, 6) is -0.754. The smallest absolute Gasteiger partial charge is 0.438 e. The number of imide groups is 1. The molecule has 1 rings (SSSR count). The SMILES string of the molecule is CCOC(=O)N(NC(=O)c1[nH]ncc1Br)C(=O)OCC. The molecule has 20 heavy (non-hydrogen) atoms. The highest BCUT2D eigenvalue weighted by atomic mass is 79.9. The number of aromatic amines is 1. The zero-order valence-electron chi connectivity index (χ0n) is 10.8. The van der Waals surface area contributed by atoms with Gasteiger partial charge in [-0.15, -0.1) is 5.01 Å². The number of hydrazine groups is 1. The third-order valence-electron chi connectivity index (χ3n) is 1.93. The third kappa shape index (κ3) is 3.95. The minimum atomic E-state index is -1.05. The van der Waals surface area contributed by atoms with Crippen LogP contribution in [0.3, 0.4) is 0 Å². The Balaban J connectivity index is 2.84. The molecule has 0 aliphatic rings. The molecule has 0 bridgehead atoms. The molecule has 0 saturated heterocycles. The lowest BCUT2D eigenvalue weighted by Gasteiger charge is -2.19. The molecule has 0 unspecified atom stereocenters. The molecule has 2 N–H and O–H groups in total. The van der Waals surface area contributed by atoms with Crippen LogP contribution >= 0.6 is 15.9 Å². The summed E-state index contributed by atoms with van der Waals surface area (Å²) >= 11 is 3.09. The Morgan fingerprint density at radius 3 is 2.25 bits per heavy atom. The van der Waals surface area contributed by atoms with Crippen molar-refractivity contribution >= 4 is 34.0 Å². The van der Waals surface area contributed by atoms with E-state index in [4.69, 9.17) is 0 Å². The van der Waals surface area contributed by atoms with Crippen molar-refractivity contribution in [1.82, 2.24) is 20.6 Å². The molecule has 0 saturated carbocycles. The molecule has 110 valence electrons. The van der Waals surface area contributed by atoms with E-state index in [1.165, 1.54) is 6.20 Å². The molecule has 0 spiro atoms. The van der Waals surface area contributed by atoms with Crippen LogP contribution in [0, 0.1) is 0 Å². The van der Waals surface area contributed by atoms with Gasteiger partial charge in [-0.1, -0.05) is 0 Å². The van der Waals surface area contributed by atoms with Gasteiger partial charge in [0.1, 0.15) is 5.69 Å². The van der Waals surface area contributed by atoms with E-state index in [1.54, 1.807) is 13.8 Å². The molecule has 1 aromatic rings. The lowest BCUT2D eigenvalue weighted by molar-refractivity contribution is 0.0539. The number of carbonyl (C=O) groups excluding carboxylic acids is 3. The minimum absolute atomic E-state index is 0.0400. The number of halogens is 1. The van der Waals surface area contributed by atoms with Gasteiger partial charge >= 0.3 is 12.2 Å². The standard InChI is InChI=1S/C10H13BrN4O5/c1-3-19-9(17)15(10(18)20-4-2)14-8(16)7-6(11)5-12-13-7/h5H,3-4H2,1-2H3,(H,12,13)(H,14,16). The first-order valence-corrected chi connectivity index (χ1v) is 6.44. The molecule has 0 radical (unpaired) electrons. The van der Waals surface area contributed by atoms with E-state index in [0.29, 0.717) is 9.48 Å². The number of rotatable bonds is 3. The van der Waals surface area contributed by atoms with Crippen molar-refractivity contribution in [1.29, 1.82) is 0 Å². The minimum Gasteiger partial charge on any atom is -0.448 e. The number of H-pyrrole nitrogens is 1. The van der Waals surface area contributed by atoms with Crippen molar-refractivity contribution in [2.24, 2.45) is 0 Å². The van der Waals surface area contributed by atoms with Gasteiger partial charge in [0.2, 0.25) is 0 Å². The maximum atomic E-state index is 11.9. The van der Waals surface area contributed by atoms with Crippen LogP contribution in [0.15, 0.2) is 10.7 Å². The Kier molecular flexibility index (Phi) is 5.97. The number of nitrogens with zero attached hydrogens (tertiary/aromatic N) is 2. The molecular formula is C10H13BrN4O5. The fraction of sp³-hybridized carbons (Fsp3) is 0.400. The van der Waals surface area contributed by atoms with E-state index in [1.807, 2.05) is 0 Å². The lowest BCUT2D eigenvalue weighted by Crippen LogP contribution is -2.50. The van der Waals surface area contributed by atoms with E-state index in [9.17, 15) is 14.4 Å². The van der Waals surface area contributed by atoms with Crippen LogP contribution in [0.4, 0.5) is 9.59 Å². The number of nitrogens with one attached hydrogen (secondary N) is 2. The molecule has 3 amide bonds. The maximum Gasteiger partial charge on any atom is 0.438 e. The first-order chi connectivity index (χ1) is 9.51. The molecule has 1 aromatic heterocycles. The molecule has 0 fully saturated rings. The average Bonchev–Trinajstić information content (AvgIpc) is 2.82. The number of hydrogen-bond donors (Lipinski definition) is 2. The van der Waals surface area contributed by atoms with Crippen LogP contribution < -0.4 is 5.43 Å². The summed E-state index contributed by atoms with van der Waals surface area (Å²) in [7, 11) is 0. The average molecular weight is 349 g/mol. The summed E-state index contributed by atoms with van der Waals surface area (Å²) in [6, 6.07) is 0. The van der Waals surface area contributed by atoms with Gasteiger partial charge in [0.25, 0.3) is 5.91 Å². The zero-order valence-corrected chi connectivity index (χ0v) is 12.4.